The van der Waals surface area contributed by atoms with Gasteiger partial charge in [0, 0.05) is 12.0 Å². The Morgan fingerprint density at radius 3 is 2.17 bits per heavy atom. The Labute approximate surface area is 141 Å². The van der Waals surface area contributed by atoms with Crippen LogP contribution in [0.5, 0.6) is 0 Å². The Morgan fingerprint density at radius 1 is 0.958 bits per heavy atom. The standard InChI is InChI=1S/C20H19N3O/c1-15(16-8-4-2-5-9-16)12-19(24)23-18-13-21-20(22-14-18)17-10-6-3-7-11-17/h2-11,13-15H,12H2,1H3,(H,23,24). The zero-order chi connectivity index (χ0) is 16.8. The maximum absolute atomic E-state index is 12.2. The fraction of sp³-hybridized carbons (Fsp3) is 0.150. The second kappa shape index (κ2) is 7.51. The van der Waals surface area contributed by atoms with Gasteiger partial charge < -0.3 is 5.32 Å². The number of anilines is 1. The van der Waals surface area contributed by atoms with Crippen LogP contribution in [-0.2, 0) is 4.79 Å². The molecule has 1 N–H and O–H groups in total. The zero-order valence-corrected chi connectivity index (χ0v) is 13.5. The van der Waals surface area contributed by atoms with Crippen LogP contribution >= 0.6 is 0 Å². The Kier molecular flexibility index (Phi) is 4.96. The van der Waals surface area contributed by atoms with Crippen LogP contribution in [0.15, 0.2) is 73.1 Å². The molecule has 1 atom stereocenters. The molecule has 0 saturated carbocycles. The van der Waals surface area contributed by atoms with Gasteiger partial charge in [0.2, 0.25) is 5.91 Å². The minimum Gasteiger partial charge on any atom is -0.323 e. The molecule has 0 spiro atoms. The lowest BCUT2D eigenvalue weighted by Crippen LogP contribution is -2.14. The molecule has 0 bridgehead atoms. The van der Waals surface area contributed by atoms with Gasteiger partial charge in [0.25, 0.3) is 0 Å². The number of amides is 1. The summed E-state index contributed by atoms with van der Waals surface area (Å²) in [5.41, 5.74) is 2.72. The number of nitrogens with one attached hydrogen (secondary N) is 1. The molecule has 24 heavy (non-hydrogen) atoms. The molecule has 0 aliphatic heterocycles. The largest absolute Gasteiger partial charge is 0.323 e. The highest BCUT2D eigenvalue weighted by molar-refractivity contribution is 5.90. The van der Waals surface area contributed by atoms with Crippen molar-refractivity contribution in [2.75, 3.05) is 5.32 Å². The van der Waals surface area contributed by atoms with E-state index in [0.717, 1.165) is 11.1 Å². The molecule has 2 aromatic carbocycles. The zero-order valence-electron chi connectivity index (χ0n) is 13.5. The summed E-state index contributed by atoms with van der Waals surface area (Å²) >= 11 is 0. The summed E-state index contributed by atoms with van der Waals surface area (Å²) in [5, 5.41) is 2.86. The summed E-state index contributed by atoms with van der Waals surface area (Å²) in [6.45, 7) is 2.05. The number of rotatable bonds is 5. The fourth-order valence-corrected chi connectivity index (χ4v) is 2.52. The number of benzene rings is 2. The predicted molar refractivity (Wildman–Crippen MR) is 95.6 cm³/mol. The first kappa shape index (κ1) is 15.9. The number of hydrogen-bond donors (Lipinski definition) is 1. The molecule has 4 nitrogen and oxygen atoms in total. The van der Waals surface area contributed by atoms with Crippen LogP contribution in [0.2, 0.25) is 0 Å². The minimum absolute atomic E-state index is 0.0394. The van der Waals surface area contributed by atoms with Crippen molar-refractivity contribution >= 4 is 11.6 Å². The fourth-order valence-electron chi connectivity index (χ4n) is 2.52. The maximum atomic E-state index is 12.2. The maximum Gasteiger partial charge on any atom is 0.225 e. The summed E-state index contributed by atoms with van der Waals surface area (Å²) in [7, 11) is 0. The molecule has 120 valence electrons. The van der Waals surface area contributed by atoms with E-state index in [0.29, 0.717) is 17.9 Å². The second-order valence-corrected chi connectivity index (χ2v) is 5.73. The summed E-state index contributed by atoms with van der Waals surface area (Å²) < 4.78 is 0. The molecule has 1 amide bonds. The van der Waals surface area contributed by atoms with Crippen molar-refractivity contribution in [2.24, 2.45) is 0 Å². The van der Waals surface area contributed by atoms with E-state index in [2.05, 4.69) is 15.3 Å². The van der Waals surface area contributed by atoms with E-state index in [1.165, 1.54) is 0 Å². The van der Waals surface area contributed by atoms with Crippen molar-refractivity contribution in [3.63, 3.8) is 0 Å². The second-order valence-electron chi connectivity index (χ2n) is 5.73. The van der Waals surface area contributed by atoms with Gasteiger partial charge >= 0.3 is 0 Å². The molecule has 0 aliphatic carbocycles. The molecule has 3 aromatic rings. The molecule has 1 unspecified atom stereocenters. The summed E-state index contributed by atoms with van der Waals surface area (Å²) in [6, 6.07) is 19.8. The van der Waals surface area contributed by atoms with Crippen molar-refractivity contribution in [3.05, 3.63) is 78.6 Å². The van der Waals surface area contributed by atoms with E-state index in [9.17, 15) is 4.79 Å². The van der Waals surface area contributed by atoms with Gasteiger partial charge in [-0.25, -0.2) is 9.97 Å². The van der Waals surface area contributed by atoms with Gasteiger partial charge in [0.1, 0.15) is 0 Å². The number of aromatic nitrogens is 2. The highest BCUT2D eigenvalue weighted by atomic mass is 16.1. The first-order valence-electron chi connectivity index (χ1n) is 7.94. The third kappa shape index (κ3) is 4.04. The van der Waals surface area contributed by atoms with Crippen molar-refractivity contribution in [2.45, 2.75) is 19.3 Å². The third-order valence-corrected chi connectivity index (χ3v) is 3.83. The monoisotopic (exact) mass is 317 g/mol. The van der Waals surface area contributed by atoms with Crippen LogP contribution in [0.3, 0.4) is 0 Å². The lowest BCUT2D eigenvalue weighted by molar-refractivity contribution is -0.116. The number of hydrogen-bond acceptors (Lipinski definition) is 3. The van der Waals surface area contributed by atoms with Crippen LogP contribution in [0.25, 0.3) is 11.4 Å². The number of carbonyl (C=O) groups excluding carboxylic acids is 1. The summed E-state index contributed by atoms with van der Waals surface area (Å²) in [6.07, 6.45) is 3.70. The SMILES string of the molecule is CC(CC(=O)Nc1cnc(-c2ccccc2)nc1)c1ccccc1. The van der Waals surface area contributed by atoms with Gasteiger partial charge in [-0.3, -0.25) is 4.79 Å². The quantitative estimate of drug-likeness (QED) is 0.764. The molecule has 0 saturated heterocycles. The molecule has 3 rings (SSSR count). The van der Waals surface area contributed by atoms with E-state index in [4.69, 9.17) is 0 Å². The van der Waals surface area contributed by atoms with E-state index >= 15 is 0 Å². The molecular formula is C20H19N3O. The van der Waals surface area contributed by atoms with Gasteiger partial charge in [0.15, 0.2) is 5.82 Å². The molecule has 1 heterocycles. The lowest BCUT2D eigenvalue weighted by Gasteiger charge is -2.12. The lowest BCUT2D eigenvalue weighted by atomic mass is 9.97. The van der Waals surface area contributed by atoms with Crippen LogP contribution in [-0.4, -0.2) is 15.9 Å². The van der Waals surface area contributed by atoms with Gasteiger partial charge in [-0.1, -0.05) is 67.6 Å². The average molecular weight is 317 g/mol. The Hall–Kier alpha value is -3.01. The van der Waals surface area contributed by atoms with E-state index in [1.54, 1.807) is 12.4 Å². The first-order chi connectivity index (χ1) is 11.7. The molecule has 4 heteroatoms. The van der Waals surface area contributed by atoms with Crippen molar-refractivity contribution in [1.29, 1.82) is 0 Å². The van der Waals surface area contributed by atoms with Gasteiger partial charge in [0.05, 0.1) is 18.1 Å². The summed E-state index contributed by atoms with van der Waals surface area (Å²) in [4.78, 5) is 20.8. The van der Waals surface area contributed by atoms with Crippen molar-refractivity contribution in [3.8, 4) is 11.4 Å². The van der Waals surface area contributed by atoms with E-state index in [1.807, 2.05) is 67.6 Å². The summed E-state index contributed by atoms with van der Waals surface area (Å²) in [5.74, 6) is 0.768. The van der Waals surface area contributed by atoms with E-state index in [-0.39, 0.29) is 11.8 Å². The molecule has 1 aromatic heterocycles. The Bertz CT molecular complexity index is 786. The van der Waals surface area contributed by atoms with Gasteiger partial charge in [-0.2, -0.15) is 0 Å². The van der Waals surface area contributed by atoms with Crippen LogP contribution in [0, 0.1) is 0 Å². The van der Waals surface area contributed by atoms with Crippen LogP contribution in [0.1, 0.15) is 24.8 Å². The molecule has 0 aliphatic rings. The topological polar surface area (TPSA) is 54.9 Å². The number of carbonyl (C=O) groups is 1. The Balaban J connectivity index is 1.61. The third-order valence-electron chi connectivity index (χ3n) is 3.83. The van der Waals surface area contributed by atoms with Crippen molar-refractivity contribution < 1.29 is 4.79 Å². The Morgan fingerprint density at radius 2 is 1.54 bits per heavy atom. The first-order valence-corrected chi connectivity index (χ1v) is 7.94. The normalized spacial score (nSPS) is 11.7. The van der Waals surface area contributed by atoms with Crippen LogP contribution in [0.4, 0.5) is 5.69 Å². The van der Waals surface area contributed by atoms with E-state index < -0.39 is 0 Å². The molecule has 0 fully saturated rings. The average Bonchev–Trinajstić information content (AvgIpc) is 2.64. The molecule has 0 radical (unpaired) electrons. The predicted octanol–water partition coefficient (Wildman–Crippen LogP) is 4.28. The van der Waals surface area contributed by atoms with Gasteiger partial charge in [-0.15, -0.1) is 0 Å². The van der Waals surface area contributed by atoms with Crippen LogP contribution < -0.4 is 5.32 Å². The minimum atomic E-state index is -0.0394. The van der Waals surface area contributed by atoms with Gasteiger partial charge in [-0.05, 0) is 11.5 Å². The highest BCUT2D eigenvalue weighted by Crippen LogP contribution is 2.20. The highest BCUT2D eigenvalue weighted by Gasteiger charge is 2.11. The molecular weight excluding hydrogens is 298 g/mol. The number of nitrogens with zero attached hydrogens (tertiary/aromatic N) is 2. The smallest absolute Gasteiger partial charge is 0.225 e. The van der Waals surface area contributed by atoms with Crippen molar-refractivity contribution in [1.82, 2.24) is 9.97 Å².